The fourth-order valence-electron chi connectivity index (χ4n) is 2.88. The first kappa shape index (κ1) is 12.6. The van der Waals surface area contributed by atoms with E-state index in [4.69, 9.17) is 10.9 Å². The summed E-state index contributed by atoms with van der Waals surface area (Å²) in [5, 5.41) is 24.5. The van der Waals surface area contributed by atoms with Gasteiger partial charge >= 0.3 is 0 Å². The van der Waals surface area contributed by atoms with Crippen molar-refractivity contribution in [2.24, 2.45) is 22.2 Å². The summed E-state index contributed by atoms with van der Waals surface area (Å²) in [6.07, 6.45) is 6.45. The Labute approximate surface area is 102 Å². The van der Waals surface area contributed by atoms with Gasteiger partial charge < -0.3 is 21.4 Å². The van der Waals surface area contributed by atoms with Gasteiger partial charge in [0.1, 0.15) is 5.84 Å². The van der Waals surface area contributed by atoms with Crippen molar-refractivity contribution in [1.82, 2.24) is 5.32 Å². The Hall–Kier alpha value is -0.810. The average Bonchev–Trinajstić information content (AvgIpc) is 2.94. The van der Waals surface area contributed by atoms with Crippen LogP contribution in [-0.2, 0) is 0 Å². The maximum absolute atomic E-state index is 9.25. The van der Waals surface area contributed by atoms with Gasteiger partial charge in [-0.3, -0.25) is 0 Å². The largest absolute Gasteiger partial charge is 0.409 e. The molecule has 2 rings (SSSR count). The lowest BCUT2D eigenvalue weighted by Gasteiger charge is -2.23. The minimum absolute atomic E-state index is 0.207. The molecule has 0 aromatic heterocycles. The summed E-state index contributed by atoms with van der Waals surface area (Å²) in [4.78, 5) is 0. The van der Waals surface area contributed by atoms with Crippen LogP contribution in [-0.4, -0.2) is 35.3 Å². The van der Waals surface area contributed by atoms with E-state index in [9.17, 15) is 5.11 Å². The predicted molar refractivity (Wildman–Crippen MR) is 65.9 cm³/mol. The minimum atomic E-state index is 0.207. The Morgan fingerprint density at radius 1 is 1.41 bits per heavy atom. The zero-order valence-corrected chi connectivity index (χ0v) is 10.2. The Bertz CT molecular complexity index is 289. The highest BCUT2D eigenvalue weighted by Crippen LogP contribution is 2.48. The second kappa shape index (κ2) is 5.23. The molecule has 98 valence electrons. The third kappa shape index (κ3) is 3.10. The van der Waals surface area contributed by atoms with Gasteiger partial charge in [0.2, 0.25) is 0 Å². The highest BCUT2D eigenvalue weighted by atomic mass is 16.4. The highest BCUT2D eigenvalue weighted by molar-refractivity contribution is 5.80. The molecule has 0 aromatic rings. The van der Waals surface area contributed by atoms with Crippen LogP contribution in [0.5, 0.6) is 0 Å². The fourth-order valence-corrected chi connectivity index (χ4v) is 2.88. The third-order valence-electron chi connectivity index (χ3n) is 4.27. The SMILES string of the molecule is NC(CC1(CNC2CCCC2CO)CC1)=NO. The molecular weight excluding hydrogens is 218 g/mol. The van der Waals surface area contributed by atoms with E-state index in [0.717, 1.165) is 32.2 Å². The van der Waals surface area contributed by atoms with Crippen molar-refractivity contribution < 1.29 is 10.3 Å². The molecule has 0 amide bonds. The van der Waals surface area contributed by atoms with Gasteiger partial charge in [-0.2, -0.15) is 0 Å². The normalized spacial score (nSPS) is 31.7. The second-order valence-electron chi connectivity index (χ2n) is 5.63. The number of nitrogens with zero attached hydrogens (tertiary/aromatic N) is 1. The zero-order valence-electron chi connectivity index (χ0n) is 10.2. The first-order valence-corrected chi connectivity index (χ1v) is 6.50. The number of nitrogens with one attached hydrogen (secondary N) is 1. The van der Waals surface area contributed by atoms with Crippen LogP contribution >= 0.6 is 0 Å². The molecule has 5 nitrogen and oxygen atoms in total. The number of rotatable bonds is 6. The molecule has 0 radical (unpaired) electrons. The fraction of sp³-hybridized carbons (Fsp3) is 0.917. The average molecular weight is 241 g/mol. The van der Waals surface area contributed by atoms with Crippen molar-refractivity contribution in [3.63, 3.8) is 0 Å². The van der Waals surface area contributed by atoms with E-state index in [1.807, 2.05) is 0 Å². The highest BCUT2D eigenvalue weighted by Gasteiger charge is 2.43. The quantitative estimate of drug-likeness (QED) is 0.238. The number of oxime groups is 1. The van der Waals surface area contributed by atoms with Crippen molar-refractivity contribution in [2.75, 3.05) is 13.2 Å². The van der Waals surface area contributed by atoms with E-state index in [1.165, 1.54) is 6.42 Å². The van der Waals surface area contributed by atoms with Gasteiger partial charge in [0.05, 0.1) is 0 Å². The molecule has 2 fully saturated rings. The summed E-state index contributed by atoms with van der Waals surface area (Å²) in [5.41, 5.74) is 5.78. The van der Waals surface area contributed by atoms with E-state index in [2.05, 4.69) is 10.5 Å². The van der Waals surface area contributed by atoms with Gasteiger partial charge in [-0.25, -0.2) is 0 Å². The number of amidine groups is 1. The lowest BCUT2D eigenvalue weighted by atomic mass is 9.99. The summed E-state index contributed by atoms with van der Waals surface area (Å²) in [7, 11) is 0. The molecule has 2 atom stereocenters. The topological polar surface area (TPSA) is 90.9 Å². The number of aliphatic hydroxyl groups excluding tert-OH is 1. The van der Waals surface area contributed by atoms with Crippen LogP contribution in [0.4, 0.5) is 0 Å². The molecule has 17 heavy (non-hydrogen) atoms. The van der Waals surface area contributed by atoms with Gasteiger partial charge in [0, 0.05) is 25.6 Å². The lowest BCUT2D eigenvalue weighted by molar-refractivity contribution is 0.202. The van der Waals surface area contributed by atoms with Crippen LogP contribution < -0.4 is 11.1 Å². The number of hydrogen-bond donors (Lipinski definition) is 4. The van der Waals surface area contributed by atoms with E-state index in [0.29, 0.717) is 24.2 Å². The van der Waals surface area contributed by atoms with Gasteiger partial charge in [-0.15, -0.1) is 0 Å². The molecule has 5 heteroatoms. The molecule has 0 saturated heterocycles. The van der Waals surface area contributed by atoms with E-state index >= 15 is 0 Å². The standard InChI is InChI=1S/C12H23N3O2/c13-11(15-17)6-12(4-5-12)8-14-10-3-1-2-9(10)7-16/h9-10,14,16-17H,1-8H2,(H2,13,15). The molecular formula is C12H23N3O2. The summed E-state index contributed by atoms with van der Waals surface area (Å²) >= 11 is 0. The Morgan fingerprint density at radius 3 is 2.76 bits per heavy atom. The second-order valence-corrected chi connectivity index (χ2v) is 5.63. The van der Waals surface area contributed by atoms with Crippen molar-refractivity contribution in [3.8, 4) is 0 Å². The van der Waals surface area contributed by atoms with Crippen molar-refractivity contribution in [3.05, 3.63) is 0 Å². The molecule has 0 aromatic carbocycles. The van der Waals surface area contributed by atoms with Crippen molar-refractivity contribution in [2.45, 2.75) is 44.6 Å². The summed E-state index contributed by atoms with van der Waals surface area (Å²) < 4.78 is 0. The number of nitrogens with two attached hydrogens (primary N) is 1. The first-order chi connectivity index (χ1) is 8.19. The molecule has 0 aliphatic heterocycles. The van der Waals surface area contributed by atoms with Crippen molar-refractivity contribution >= 4 is 5.84 Å². The van der Waals surface area contributed by atoms with Crippen LogP contribution in [0.3, 0.4) is 0 Å². The summed E-state index contributed by atoms with van der Waals surface area (Å²) in [6.45, 7) is 1.20. The van der Waals surface area contributed by atoms with Crippen LogP contribution in [0.15, 0.2) is 5.16 Å². The van der Waals surface area contributed by atoms with Crippen LogP contribution in [0.1, 0.15) is 38.5 Å². The van der Waals surface area contributed by atoms with Gasteiger partial charge in [-0.05, 0) is 37.0 Å². The zero-order chi connectivity index (χ0) is 12.3. The molecule has 2 aliphatic carbocycles. The molecule has 5 N–H and O–H groups in total. The molecule has 2 saturated carbocycles. The van der Waals surface area contributed by atoms with Gasteiger partial charge in [-0.1, -0.05) is 11.6 Å². The molecule has 0 spiro atoms. The molecule has 0 bridgehead atoms. The van der Waals surface area contributed by atoms with Gasteiger partial charge in [0.25, 0.3) is 0 Å². The lowest BCUT2D eigenvalue weighted by Crippen LogP contribution is -2.38. The number of hydrogen-bond acceptors (Lipinski definition) is 4. The van der Waals surface area contributed by atoms with E-state index < -0.39 is 0 Å². The third-order valence-corrected chi connectivity index (χ3v) is 4.27. The van der Waals surface area contributed by atoms with Gasteiger partial charge in [0.15, 0.2) is 0 Å². The Kier molecular flexibility index (Phi) is 3.89. The molecule has 0 heterocycles. The Morgan fingerprint density at radius 2 is 2.18 bits per heavy atom. The van der Waals surface area contributed by atoms with Crippen molar-refractivity contribution in [1.29, 1.82) is 0 Å². The minimum Gasteiger partial charge on any atom is -0.409 e. The smallest absolute Gasteiger partial charge is 0.139 e. The van der Waals surface area contributed by atoms with Crippen LogP contribution in [0, 0.1) is 11.3 Å². The first-order valence-electron chi connectivity index (χ1n) is 6.50. The summed E-state index contributed by atoms with van der Waals surface area (Å²) in [5.74, 6) is 0.740. The van der Waals surface area contributed by atoms with E-state index in [-0.39, 0.29) is 12.0 Å². The molecule has 2 unspecified atom stereocenters. The predicted octanol–water partition coefficient (Wildman–Crippen LogP) is 0.654. The Balaban J connectivity index is 1.78. The van der Waals surface area contributed by atoms with Crippen LogP contribution in [0.2, 0.25) is 0 Å². The summed E-state index contributed by atoms with van der Waals surface area (Å²) in [6, 6.07) is 0.449. The maximum Gasteiger partial charge on any atom is 0.139 e. The maximum atomic E-state index is 9.25. The molecule has 2 aliphatic rings. The van der Waals surface area contributed by atoms with Crippen LogP contribution in [0.25, 0.3) is 0 Å². The monoisotopic (exact) mass is 241 g/mol. The van der Waals surface area contributed by atoms with E-state index in [1.54, 1.807) is 0 Å². The number of aliphatic hydroxyl groups is 1.